The molecule has 1 fully saturated rings. The molecule has 31 heavy (non-hydrogen) atoms. The molecule has 1 amide bonds. The molecule has 0 unspecified atom stereocenters. The van der Waals surface area contributed by atoms with E-state index in [4.69, 9.17) is 4.42 Å². The van der Waals surface area contributed by atoms with Crippen molar-refractivity contribution in [2.24, 2.45) is 0 Å². The predicted molar refractivity (Wildman–Crippen MR) is 121 cm³/mol. The van der Waals surface area contributed by atoms with Gasteiger partial charge in [-0.3, -0.25) is 9.69 Å². The summed E-state index contributed by atoms with van der Waals surface area (Å²) in [4.78, 5) is 17.1. The van der Waals surface area contributed by atoms with Crippen LogP contribution in [0.2, 0.25) is 0 Å². The van der Waals surface area contributed by atoms with Gasteiger partial charge in [0.1, 0.15) is 0 Å². The molecular formula is C25H30N4O2. The van der Waals surface area contributed by atoms with E-state index in [1.54, 1.807) is 0 Å². The lowest BCUT2D eigenvalue weighted by Crippen LogP contribution is -2.46. The molecule has 1 aliphatic heterocycles. The average molecular weight is 419 g/mol. The second-order valence-corrected chi connectivity index (χ2v) is 8.23. The first-order chi connectivity index (χ1) is 15.1. The molecule has 2 heterocycles. The summed E-state index contributed by atoms with van der Waals surface area (Å²) in [5.41, 5.74) is 2.91. The van der Waals surface area contributed by atoms with E-state index >= 15 is 0 Å². The van der Waals surface area contributed by atoms with Crippen molar-refractivity contribution in [1.82, 2.24) is 20.0 Å². The quantitative estimate of drug-likeness (QED) is 0.563. The lowest BCUT2D eigenvalue weighted by atomic mass is 10.0. The first-order valence-electron chi connectivity index (χ1n) is 11.1. The number of likely N-dealkylation sites (tertiary alicyclic amines) is 1. The van der Waals surface area contributed by atoms with Crippen molar-refractivity contribution >= 4 is 5.91 Å². The van der Waals surface area contributed by atoms with Gasteiger partial charge in [-0.15, -0.1) is 10.2 Å². The van der Waals surface area contributed by atoms with Gasteiger partial charge in [0, 0.05) is 30.3 Å². The van der Waals surface area contributed by atoms with Gasteiger partial charge in [-0.05, 0) is 57.0 Å². The molecule has 2 aromatic carbocycles. The molecule has 0 bridgehead atoms. The fourth-order valence-electron chi connectivity index (χ4n) is 4.18. The summed E-state index contributed by atoms with van der Waals surface area (Å²) in [5.74, 6) is 1.34. The molecule has 0 spiro atoms. The number of hydrogen-bond acceptors (Lipinski definition) is 5. The molecule has 162 valence electrons. The van der Waals surface area contributed by atoms with Gasteiger partial charge < -0.3 is 9.32 Å². The van der Waals surface area contributed by atoms with Gasteiger partial charge in [-0.25, -0.2) is 0 Å². The minimum Gasteiger partial charge on any atom is -0.419 e. The van der Waals surface area contributed by atoms with E-state index in [1.165, 1.54) is 5.56 Å². The number of aromatic nitrogens is 2. The van der Waals surface area contributed by atoms with E-state index < -0.39 is 0 Å². The second-order valence-electron chi connectivity index (χ2n) is 8.23. The third-order valence-electron chi connectivity index (χ3n) is 5.90. The van der Waals surface area contributed by atoms with Crippen molar-refractivity contribution < 1.29 is 9.21 Å². The summed E-state index contributed by atoms with van der Waals surface area (Å²) in [5, 5.41) is 8.54. The monoisotopic (exact) mass is 418 g/mol. The summed E-state index contributed by atoms with van der Waals surface area (Å²) in [6.07, 6.45) is 2.97. The van der Waals surface area contributed by atoms with Crippen LogP contribution in [-0.4, -0.2) is 51.6 Å². The first-order valence-corrected chi connectivity index (χ1v) is 11.1. The third-order valence-corrected chi connectivity index (χ3v) is 5.90. The van der Waals surface area contributed by atoms with Crippen LogP contribution in [0.4, 0.5) is 0 Å². The number of carbonyl (C=O) groups excluding carboxylic acids is 1. The first kappa shape index (κ1) is 21.2. The zero-order valence-electron chi connectivity index (χ0n) is 18.3. The van der Waals surface area contributed by atoms with Crippen LogP contribution in [0.3, 0.4) is 0 Å². The highest BCUT2D eigenvalue weighted by Gasteiger charge is 2.28. The van der Waals surface area contributed by atoms with Crippen LogP contribution in [-0.2, 0) is 6.54 Å². The second kappa shape index (κ2) is 9.88. The number of benzene rings is 2. The van der Waals surface area contributed by atoms with E-state index in [1.807, 2.05) is 59.5 Å². The minimum absolute atomic E-state index is 0.126. The molecule has 6 nitrogen and oxygen atoms in total. The number of aryl methyl sites for hydroxylation is 1. The van der Waals surface area contributed by atoms with Crippen molar-refractivity contribution in [3.63, 3.8) is 0 Å². The number of piperidine rings is 1. The van der Waals surface area contributed by atoms with Crippen molar-refractivity contribution in [3.8, 4) is 11.5 Å². The Balaban J connectivity index is 1.37. The van der Waals surface area contributed by atoms with Crippen molar-refractivity contribution in [2.75, 3.05) is 19.6 Å². The summed E-state index contributed by atoms with van der Waals surface area (Å²) in [7, 11) is 0. The van der Waals surface area contributed by atoms with Gasteiger partial charge in [0.15, 0.2) is 0 Å². The predicted octanol–water partition coefficient (Wildman–Crippen LogP) is 4.56. The average Bonchev–Trinajstić information content (AvgIpc) is 3.28. The van der Waals surface area contributed by atoms with Crippen LogP contribution in [0.25, 0.3) is 11.5 Å². The Morgan fingerprint density at radius 3 is 2.45 bits per heavy atom. The fraction of sp³-hybridized carbons (Fsp3) is 0.400. The van der Waals surface area contributed by atoms with E-state index in [9.17, 15) is 4.79 Å². The zero-order chi connectivity index (χ0) is 21.6. The standard InChI is InChI=1S/C25H30N4O2/c1-3-15-29(18-23-26-27-24(31-23)20-11-9-19(2)10-12-20)22-13-16-28(17-14-22)25(30)21-7-5-4-6-8-21/h4-12,22H,3,13-18H2,1-2H3. The molecule has 0 radical (unpaired) electrons. The van der Waals surface area contributed by atoms with Crippen molar-refractivity contribution in [3.05, 3.63) is 71.6 Å². The smallest absolute Gasteiger partial charge is 0.253 e. The molecule has 0 aliphatic carbocycles. The van der Waals surface area contributed by atoms with Crippen molar-refractivity contribution in [2.45, 2.75) is 45.7 Å². The molecule has 0 atom stereocenters. The van der Waals surface area contributed by atoms with Gasteiger partial charge in [-0.2, -0.15) is 0 Å². The molecule has 0 N–H and O–H groups in total. The Hall–Kier alpha value is -2.99. The minimum atomic E-state index is 0.126. The van der Waals surface area contributed by atoms with E-state index in [0.29, 0.717) is 24.4 Å². The van der Waals surface area contributed by atoms with E-state index in [-0.39, 0.29) is 5.91 Å². The van der Waals surface area contributed by atoms with E-state index in [2.05, 4.69) is 28.9 Å². The Morgan fingerprint density at radius 1 is 1.06 bits per heavy atom. The van der Waals surface area contributed by atoms with Crippen LogP contribution < -0.4 is 0 Å². The van der Waals surface area contributed by atoms with Crippen molar-refractivity contribution in [1.29, 1.82) is 0 Å². The molecule has 0 saturated carbocycles. The highest BCUT2D eigenvalue weighted by Crippen LogP contribution is 2.23. The summed E-state index contributed by atoms with van der Waals surface area (Å²) >= 11 is 0. The van der Waals surface area contributed by atoms with Gasteiger partial charge in [0.2, 0.25) is 11.8 Å². The van der Waals surface area contributed by atoms with Crippen LogP contribution in [0.1, 0.15) is 48.0 Å². The Kier molecular flexibility index (Phi) is 6.77. The van der Waals surface area contributed by atoms with Gasteiger partial charge >= 0.3 is 0 Å². The maximum absolute atomic E-state index is 12.7. The molecule has 1 aliphatic rings. The molecule has 1 aromatic heterocycles. The van der Waals surface area contributed by atoms with Gasteiger partial charge in [0.05, 0.1) is 6.54 Å². The Morgan fingerprint density at radius 2 is 1.77 bits per heavy atom. The van der Waals surface area contributed by atoms with Crippen LogP contribution >= 0.6 is 0 Å². The van der Waals surface area contributed by atoms with Crippen LogP contribution in [0, 0.1) is 6.92 Å². The number of rotatable bonds is 7. The highest BCUT2D eigenvalue weighted by molar-refractivity contribution is 5.94. The lowest BCUT2D eigenvalue weighted by Gasteiger charge is -2.38. The fourth-order valence-corrected chi connectivity index (χ4v) is 4.18. The topological polar surface area (TPSA) is 62.5 Å². The summed E-state index contributed by atoms with van der Waals surface area (Å²) in [6, 6.07) is 18.1. The summed E-state index contributed by atoms with van der Waals surface area (Å²) < 4.78 is 5.97. The number of amides is 1. The molecule has 4 rings (SSSR count). The Labute approximate surface area is 183 Å². The number of nitrogens with zero attached hydrogens (tertiary/aromatic N) is 4. The van der Waals surface area contributed by atoms with Crippen LogP contribution in [0.15, 0.2) is 59.0 Å². The molecule has 6 heteroatoms. The lowest BCUT2D eigenvalue weighted by molar-refractivity contribution is 0.0594. The normalized spacial score (nSPS) is 14.9. The van der Waals surface area contributed by atoms with Gasteiger partial charge in [0.25, 0.3) is 5.91 Å². The SMILES string of the molecule is CCCN(Cc1nnc(-c2ccc(C)cc2)o1)C1CCN(C(=O)c2ccccc2)CC1. The molecule has 3 aromatic rings. The molecular weight excluding hydrogens is 388 g/mol. The number of hydrogen-bond donors (Lipinski definition) is 0. The molecule has 1 saturated heterocycles. The number of carbonyl (C=O) groups is 1. The highest BCUT2D eigenvalue weighted by atomic mass is 16.4. The maximum atomic E-state index is 12.7. The Bertz CT molecular complexity index is 976. The largest absolute Gasteiger partial charge is 0.419 e. The maximum Gasteiger partial charge on any atom is 0.253 e. The van der Waals surface area contributed by atoms with Gasteiger partial charge in [-0.1, -0.05) is 42.8 Å². The zero-order valence-corrected chi connectivity index (χ0v) is 18.3. The third kappa shape index (κ3) is 5.20. The van der Waals surface area contributed by atoms with E-state index in [0.717, 1.165) is 50.0 Å². The summed E-state index contributed by atoms with van der Waals surface area (Å²) in [6.45, 7) is 7.41. The van der Waals surface area contributed by atoms with Crippen LogP contribution in [0.5, 0.6) is 0 Å².